The molecular weight excluding hydrogens is 317 g/mol. The van der Waals surface area contributed by atoms with Gasteiger partial charge in [0.15, 0.2) is 0 Å². The lowest BCUT2D eigenvalue weighted by Crippen LogP contribution is -2.35. The molecular formula is C14H18BrClFN. The zero-order valence-corrected chi connectivity index (χ0v) is 12.7. The number of rotatable bonds is 4. The van der Waals surface area contributed by atoms with Gasteiger partial charge in [-0.2, -0.15) is 0 Å². The normalized spacial score (nSPS) is 21.2. The van der Waals surface area contributed by atoms with Crippen LogP contribution in [0.2, 0.25) is 0 Å². The molecule has 0 radical (unpaired) electrons. The van der Waals surface area contributed by atoms with Crippen molar-refractivity contribution >= 4 is 27.5 Å². The predicted molar refractivity (Wildman–Crippen MR) is 77.4 cm³/mol. The van der Waals surface area contributed by atoms with Crippen molar-refractivity contribution in [3.05, 3.63) is 34.1 Å². The summed E-state index contributed by atoms with van der Waals surface area (Å²) in [5, 5.41) is 0. The first-order valence-corrected chi connectivity index (χ1v) is 7.73. The largest absolute Gasteiger partial charge is 0.299 e. The second kappa shape index (κ2) is 6.88. The minimum absolute atomic E-state index is 0.173. The first-order chi connectivity index (χ1) is 8.67. The van der Waals surface area contributed by atoms with Gasteiger partial charge in [0.1, 0.15) is 5.82 Å². The van der Waals surface area contributed by atoms with Gasteiger partial charge in [0, 0.05) is 23.4 Å². The molecule has 1 atom stereocenters. The van der Waals surface area contributed by atoms with E-state index in [1.54, 1.807) is 6.07 Å². The van der Waals surface area contributed by atoms with Crippen LogP contribution in [0.4, 0.5) is 4.39 Å². The number of piperidine rings is 1. The molecule has 1 heterocycles. The molecule has 0 N–H and O–H groups in total. The molecule has 1 aromatic carbocycles. The summed E-state index contributed by atoms with van der Waals surface area (Å²) in [7, 11) is 0. The van der Waals surface area contributed by atoms with E-state index < -0.39 is 0 Å². The van der Waals surface area contributed by atoms with Gasteiger partial charge in [0.2, 0.25) is 0 Å². The molecule has 1 aromatic rings. The van der Waals surface area contributed by atoms with Crippen LogP contribution in [0.3, 0.4) is 0 Å². The number of halogens is 3. The van der Waals surface area contributed by atoms with Crippen molar-refractivity contribution in [1.29, 1.82) is 0 Å². The van der Waals surface area contributed by atoms with Gasteiger partial charge in [0.05, 0.1) is 0 Å². The Morgan fingerprint density at radius 1 is 1.39 bits per heavy atom. The average molecular weight is 335 g/mol. The first kappa shape index (κ1) is 14.3. The van der Waals surface area contributed by atoms with Gasteiger partial charge in [-0.3, -0.25) is 4.90 Å². The molecule has 1 fully saturated rings. The number of hydrogen-bond acceptors (Lipinski definition) is 1. The van der Waals surface area contributed by atoms with E-state index in [4.69, 9.17) is 11.6 Å². The minimum atomic E-state index is -0.173. The topological polar surface area (TPSA) is 3.24 Å². The monoisotopic (exact) mass is 333 g/mol. The first-order valence-electron chi connectivity index (χ1n) is 6.40. The Morgan fingerprint density at radius 2 is 2.22 bits per heavy atom. The number of alkyl halides is 1. The summed E-state index contributed by atoms with van der Waals surface area (Å²) in [6, 6.07) is 5.11. The fourth-order valence-corrected chi connectivity index (χ4v) is 3.47. The molecule has 1 aliphatic heterocycles. The zero-order chi connectivity index (χ0) is 13.0. The van der Waals surface area contributed by atoms with Crippen molar-refractivity contribution in [1.82, 2.24) is 4.90 Å². The Labute approximate surface area is 121 Å². The van der Waals surface area contributed by atoms with Crippen LogP contribution in [0.15, 0.2) is 22.7 Å². The van der Waals surface area contributed by atoms with E-state index in [0.717, 1.165) is 42.0 Å². The highest BCUT2D eigenvalue weighted by Crippen LogP contribution is 2.23. The maximum atomic E-state index is 13.3. The molecule has 2 rings (SSSR count). The van der Waals surface area contributed by atoms with E-state index in [1.807, 2.05) is 6.07 Å². The van der Waals surface area contributed by atoms with Gasteiger partial charge in [-0.25, -0.2) is 4.39 Å². The van der Waals surface area contributed by atoms with Crippen molar-refractivity contribution in [2.45, 2.75) is 25.8 Å². The molecule has 100 valence electrons. The molecule has 1 unspecified atom stereocenters. The fraction of sp³-hybridized carbons (Fsp3) is 0.571. The smallest absolute Gasteiger partial charge is 0.124 e. The quantitative estimate of drug-likeness (QED) is 0.736. The second-order valence-corrected chi connectivity index (χ2v) is 6.29. The maximum Gasteiger partial charge on any atom is 0.124 e. The fourth-order valence-electron chi connectivity index (χ4n) is 2.65. The van der Waals surface area contributed by atoms with E-state index in [9.17, 15) is 4.39 Å². The van der Waals surface area contributed by atoms with E-state index >= 15 is 0 Å². The van der Waals surface area contributed by atoms with Crippen molar-refractivity contribution < 1.29 is 4.39 Å². The van der Waals surface area contributed by atoms with E-state index in [1.165, 1.54) is 18.9 Å². The van der Waals surface area contributed by atoms with Gasteiger partial charge in [-0.15, -0.1) is 11.6 Å². The molecule has 0 spiro atoms. The molecule has 0 aromatic heterocycles. The van der Waals surface area contributed by atoms with E-state index in [0.29, 0.717) is 5.92 Å². The summed E-state index contributed by atoms with van der Waals surface area (Å²) in [5.74, 6) is 1.27. The van der Waals surface area contributed by atoms with E-state index in [2.05, 4.69) is 20.8 Å². The van der Waals surface area contributed by atoms with Crippen molar-refractivity contribution in [3.63, 3.8) is 0 Å². The molecule has 1 nitrogen and oxygen atoms in total. The SMILES string of the molecule is Fc1cc(Br)cc(CN2CCCC(CCCl)C2)c1. The highest BCUT2D eigenvalue weighted by Gasteiger charge is 2.19. The molecule has 0 saturated carbocycles. The minimum Gasteiger partial charge on any atom is -0.299 e. The van der Waals surface area contributed by atoms with Gasteiger partial charge in [0.25, 0.3) is 0 Å². The predicted octanol–water partition coefficient (Wildman–Crippen LogP) is 4.43. The second-order valence-electron chi connectivity index (χ2n) is 5.00. The summed E-state index contributed by atoms with van der Waals surface area (Å²) in [5.41, 5.74) is 1.04. The van der Waals surface area contributed by atoms with E-state index in [-0.39, 0.29) is 5.82 Å². The Bertz CT molecular complexity index is 377. The van der Waals surface area contributed by atoms with Crippen LogP contribution >= 0.6 is 27.5 Å². The van der Waals surface area contributed by atoms with Crippen LogP contribution in [0, 0.1) is 11.7 Å². The number of hydrogen-bond donors (Lipinski definition) is 0. The van der Waals surface area contributed by atoms with Gasteiger partial charge in [-0.05, 0) is 55.5 Å². The van der Waals surface area contributed by atoms with Gasteiger partial charge in [-0.1, -0.05) is 15.9 Å². The average Bonchev–Trinajstić information content (AvgIpc) is 2.28. The molecule has 0 aliphatic carbocycles. The molecule has 0 bridgehead atoms. The molecule has 4 heteroatoms. The lowest BCUT2D eigenvalue weighted by Gasteiger charge is -2.32. The third-order valence-electron chi connectivity index (χ3n) is 3.45. The highest BCUT2D eigenvalue weighted by atomic mass is 79.9. The van der Waals surface area contributed by atoms with Crippen LogP contribution in [-0.2, 0) is 6.54 Å². The van der Waals surface area contributed by atoms with Crippen LogP contribution < -0.4 is 0 Å². The summed E-state index contributed by atoms with van der Waals surface area (Å²) < 4.78 is 14.1. The Kier molecular flexibility index (Phi) is 5.46. The lowest BCUT2D eigenvalue weighted by atomic mass is 9.95. The van der Waals surface area contributed by atoms with Gasteiger partial charge < -0.3 is 0 Å². The van der Waals surface area contributed by atoms with Crippen molar-refractivity contribution in [2.24, 2.45) is 5.92 Å². The lowest BCUT2D eigenvalue weighted by molar-refractivity contribution is 0.165. The zero-order valence-electron chi connectivity index (χ0n) is 10.3. The van der Waals surface area contributed by atoms with Gasteiger partial charge >= 0.3 is 0 Å². The summed E-state index contributed by atoms with van der Waals surface area (Å²) >= 11 is 9.15. The van der Waals surface area contributed by atoms with Crippen molar-refractivity contribution in [2.75, 3.05) is 19.0 Å². The maximum absolute atomic E-state index is 13.3. The number of nitrogens with zero attached hydrogens (tertiary/aromatic N) is 1. The van der Waals surface area contributed by atoms with Crippen LogP contribution in [0.25, 0.3) is 0 Å². The number of benzene rings is 1. The van der Waals surface area contributed by atoms with Crippen LogP contribution in [0.5, 0.6) is 0 Å². The molecule has 18 heavy (non-hydrogen) atoms. The van der Waals surface area contributed by atoms with Crippen LogP contribution in [-0.4, -0.2) is 23.9 Å². The third-order valence-corrected chi connectivity index (χ3v) is 4.13. The Hall–Kier alpha value is -0.120. The highest BCUT2D eigenvalue weighted by molar-refractivity contribution is 9.10. The Morgan fingerprint density at radius 3 is 2.94 bits per heavy atom. The summed E-state index contributed by atoms with van der Waals surface area (Å²) in [6.45, 7) is 3.02. The molecule has 1 saturated heterocycles. The van der Waals surface area contributed by atoms with Crippen LogP contribution in [0.1, 0.15) is 24.8 Å². The number of likely N-dealkylation sites (tertiary alicyclic amines) is 1. The molecule has 1 aliphatic rings. The molecule has 0 amide bonds. The summed E-state index contributed by atoms with van der Waals surface area (Å²) in [6.07, 6.45) is 3.58. The standard InChI is InChI=1S/C14H18BrClFN/c15-13-6-12(7-14(17)8-13)10-18-5-1-2-11(9-18)3-4-16/h6-8,11H,1-5,9-10H2. The summed E-state index contributed by atoms with van der Waals surface area (Å²) in [4.78, 5) is 2.40. The van der Waals surface area contributed by atoms with Crippen molar-refractivity contribution in [3.8, 4) is 0 Å². The Balaban J connectivity index is 1.95. The third kappa shape index (κ3) is 4.22.